The lowest BCUT2D eigenvalue weighted by molar-refractivity contribution is -0.136. The second-order valence-corrected chi connectivity index (χ2v) is 5.48. The van der Waals surface area contributed by atoms with Crippen LogP contribution >= 0.6 is 0 Å². The molecule has 2 heterocycles. The highest BCUT2D eigenvalue weighted by atomic mass is 16.4. The Bertz CT molecular complexity index is 615. The molecule has 1 saturated carbocycles. The van der Waals surface area contributed by atoms with Crippen LogP contribution in [-0.4, -0.2) is 25.7 Å². The largest absolute Gasteiger partial charge is 0.481 e. The summed E-state index contributed by atoms with van der Waals surface area (Å²) in [5.41, 5.74) is 2.92. The molecule has 1 fully saturated rings. The van der Waals surface area contributed by atoms with E-state index in [9.17, 15) is 4.79 Å². The van der Waals surface area contributed by atoms with E-state index in [0.29, 0.717) is 12.3 Å². The summed E-state index contributed by atoms with van der Waals surface area (Å²) in [4.78, 5) is 15.3. The van der Waals surface area contributed by atoms with Gasteiger partial charge >= 0.3 is 5.97 Å². The number of fused-ring (bicyclic) bond motifs is 1. The zero-order valence-corrected chi connectivity index (χ0v) is 11.5. The van der Waals surface area contributed by atoms with Crippen LogP contribution in [0.25, 0.3) is 5.65 Å². The molecule has 1 aliphatic rings. The van der Waals surface area contributed by atoms with Crippen molar-refractivity contribution in [1.29, 1.82) is 0 Å². The van der Waals surface area contributed by atoms with E-state index in [2.05, 4.69) is 10.1 Å². The Morgan fingerprint density at radius 3 is 2.90 bits per heavy atom. The Kier molecular flexibility index (Phi) is 3.67. The summed E-state index contributed by atoms with van der Waals surface area (Å²) in [5, 5.41) is 13.6. The predicted molar refractivity (Wildman–Crippen MR) is 74.8 cm³/mol. The Balaban J connectivity index is 1.99. The Labute approximate surface area is 117 Å². The van der Waals surface area contributed by atoms with Gasteiger partial charge in [-0.05, 0) is 25.3 Å². The molecule has 5 nitrogen and oxygen atoms in total. The van der Waals surface area contributed by atoms with Crippen LogP contribution in [0.15, 0.2) is 18.5 Å². The van der Waals surface area contributed by atoms with Gasteiger partial charge in [-0.15, -0.1) is 0 Å². The molecular weight excluding hydrogens is 254 g/mol. The Hall–Kier alpha value is -1.91. The number of rotatable bonds is 4. The van der Waals surface area contributed by atoms with E-state index >= 15 is 0 Å². The van der Waals surface area contributed by atoms with E-state index in [1.54, 1.807) is 10.7 Å². The van der Waals surface area contributed by atoms with E-state index in [1.807, 2.05) is 12.3 Å². The summed E-state index contributed by atoms with van der Waals surface area (Å²) in [6.45, 7) is 0. The number of aryl methyl sites for hydroxylation is 1. The molecule has 3 rings (SSSR count). The maximum Gasteiger partial charge on any atom is 0.303 e. The van der Waals surface area contributed by atoms with Gasteiger partial charge in [-0.2, -0.15) is 5.10 Å². The van der Waals surface area contributed by atoms with Crippen molar-refractivity contribution in [3.05, 3.63) is 29.7 Å². The van der Waals surface area contributed by atoms with Crippen LogP contribution in [0.2, 0.25) is 0 Å². The molecule has 0 spiro atoms. The summed E-state index contributed by atoms with van der Waals surface area (Å²) in [7, 11) is 0. The third kappa shape index (κ3) is 2.53. The molecule has 2 aromatic heterocycles. The van der Waals surface area contributed by atoms with Crippen molar-refractivity contribution in [2.75, 3.05) is 0 Å². The first-order valence-corrected chi connectivity index (χ1v) is 7.29. The molecule has 1 aliphatic carbocycles. The standard InChI is InChI=1S/C15H19N3O2/c19-13(20)8-7-12-14(11-5-2-1-3-6-11)17-18-10-4-9-16-15(12)18/h4,9-11H,1-3,5-8H2,(H,19,20). The number of hydrogen-bond donors (Lipinski definition) is 1. The number of hydrogen-bond acceptors (Lipinski definition) is 3. The van der Waals surface area contributed by atoms with E-state index in [0.717, 1.165) is 29.7 Å². The topological polar surface area (TPSA) is 67.5 Å². The average Bonchev–Trinajstić information content (AvgIpc) is 2.84. The van der Waals surface area contributed by atoms with Crippen molar-refractivity contribution in [1.82, 2.24) is 14.6 Å². The molecule has 0 amide bonds. The fourth-order valence-corrected chi connectivity index (χ4v) is 3.13. The van der Waals surface area contributed by atoms with E-state index < -0.39 is 5.97 Å². The first-order valence-electron chi connectivity index (χ1n) is 7.29. The molecule has 0 unspecified atom stereocenters. The van der Waals surface area contributed by atoms with E-state index in [-0.39, 0.29) is 6.42 Å². The molecule has 2 aromatic rings. The van der Waals surface area contributed by atoms with E-state index in [1.165, 1.54) is 19.3 Å². The van der Waals surface area contributed by atoms with Gasteiger partial charge < -0.3 is 5.11 Å². The summed E-state index contributed by atoms with van der Waals surface area (Å²) >= 11 is 0. The van der Waals surface area contributed by atoms with Crippen LogP contribution in [0.5, 0.6) is 0 Å². The van der Waals surface area contributed by atoms with Gasteiger partial charge in [0.05, 0.1) is 5.69 Å². The molecule has 1 N–H and O–H groups in total. The number of aromatic nitrogens is 3. The molecule has 0 atom stereocenters. The highest BCUT2D eigenvalue weighted by Crippen LogP contribution is 2.35. The fraction of sp³-hybridized carbons (Fsp3) is 0.533. The lowest BCUT2D eigenvalue weighted by Gasteiger charge is -2.20. The zero-order chi connectivity index (χ0) is 13.9. The minimum atomic E-state index is -0.769. The molecule has 0 saturated heterocycles. The molecule has 0 aliphatic heterocycles. The van der Waals surface area contributed by atoms with Crippen molar-refractivity contribution in [3.63, 3.8) is 0 Å². The van der Waals surface area contributed by atoms with Crippen molar-refractivity contribution in [2.24, 2.45) is 0 Å². The minimum Gasteiger partial charge on any atom is -0.481 e. The Morgan fingerprint density at radius 1 is 1.35 bits per heavy atom. The smallest absolute Gasteiger partial charge is 0.303 e. The van der Waals surface area contributed by atoms with Crippen LogP contribution in [0.3, 0.4) is 0 Å². The van der Waals surface area contributed by atoms with Crippen LogP contribution in [-0.2, 0) is 11.2 Å². The van der Waals surface area contributed by atoms with Gasteiger partial charge in [0.1, 0.15) is 0 Å². The molecule has 0 bridgehead atoms. The number of carbonyl (C=O) groups is 1. The first kappa shape index (κ1) is 13.1. The first-order chi connectivity index (χ1) is 9.75. The quantitative estimate of drug-likeness (QED) is 0.930. The van der Waals surface area contributed by atoms with Crippen LogP contribution in [0.4, 0.5) is 0 Å². The number of aliphatic carboxylic acids is 1. The SMILES string of the molecule is O=C(O)CCc1c(C2CCCCC2)nn2cccnc12. The summed E-state index contributed by atoms with van der Waals surface area (Å²) < 4.78 is 1.79. The van der Waals surface area contributed by atoms with Gasteiger partial charge in [0.15, 0.2) is 5.65 Å². The zero-order valence-electron chi connectivity index (χ0n) is 11.5. The fourth-order valence-electron chi connectivity index (χ4n) is 3.13. The molecule has 5 heteroatoms. The number of nitrogens with zero attached hydrogens (tertiary/aromatic N) is 3. The summed E-state index contributed by atoms with van der Waals surface area (Å²) in [6.07, 6.45) is 10.4. The summed E-state index contributed by atoms with van der Waals surface area (Å²) in [6, 6.07) is 1.85. The van der Waals surface area contributed by atoms with E-state index in [4.69, 9.17) is 5.11 Å². The van der Waals surface area contributed by atoms with Crippen LogP contribution < -0.4 is 0 Å². The normalized spacial score (nSPS) is 16.6. The second kappa shape index (κ2) is 5.61. The van der Waals surface area contributed by atoms with Crippen LogP contribution in [0.1, 0.15) is 55.7 Å². The van der Waals surface area contributed by atoms with Gasteiger partial charge in [-0.3, -0.25) is 4.79 Å². The van der Waals surface area contributed by atoms with Crippen molar-refractivity contribution in [2.45, 2.75) is 50.9 Å². The second-order valence-electron chi connectivity index (χ2n) is 5.48. The van der Waals surface area contributed by atoms with Gasteiger partial charge in [-0.25, -0.2) is 9.50 Å². The minimum absolute atomic E-state index is 0.137. The van der Waals surface area contributed by atoms with Crippen molar-refractivity contribution >= 4 is 11.6 Å². The van der Waals surface area contributed by atoms with Gasteiger partial charge in [-0.1, -0.05) is 19.3 Å². The van der Waals surface area contributed by atoms with Crippen molar-refractivity contribution in [3.8, 4) is 0 Å². The van der Waals surface area contributed by atoms with Gasteiger partial charge in [0.2, 0.25) is 0 Å². The monoisotopic (exact) mass is 273 g/mol. The highest BCUT2D eigenvalue weighted by molar-refractivity contribution is 5.68. The number of carboxylic acids is 1. The lowest BCUT2D eigenvalue weighted by Crippen LogP contribution is -2.08. The molecule has 106 valence electrons. The van der Waals surface area contributed by atoms with Gasteiger partial charge in [0.25, 0.3) is 0 Å². The maximum atomic E-state index is 10.9. The third-order valence-electron chi connectivity index (χ3n) is 4.10. The average molecular weight is 273 g/mol. The molecular formula is C15H19N3O2. The maximum absolute atomic E-state index is 10.9. The Morgan fingerprint density at radius 2 is 2.15 bits per heavy atom. The molecule has 0 aromatic carbocycles. The highest BCUT2D eigenvalue weighted by Gasteiger charge is 2.24. The summed E-state index contributed by atoms with van der Waals surface area (Å²) in [5.74, 6) is -0.302. The van der Waals surface area contributed by atoms with Gasteiger partial charge in [0, 0.05) is 30.3 Å². The molecule has 0 radical (unpaired) electrons. The third-order valence-corrected chi connectivity index (χ3v) is 4.10. The number of carboxylic acid groups (broad SMARTS) is 1. The predicted octanol–water partition coefficient (Wildman–Crippen LogP) is 2.79. The molecule has 20 heavy (non-hydrogen) atoms. The van der Waals surface area contributed by atoms with Crippen molar-refractivity contribution < 1.29 is 9.90 Å². The van der Waals surface area contributed by atoms with Crippen LogP contribution in [0, 0.1) is 0 Å². The lowest BCUT2D eigenvalue weighted by atomic mass is 9.85.